The smallest absolute Gasteiger partial charge is 0.287 e. The van der Waals surface area contributed by atoms with E-state index in [1.54, 1.807) is 12.1 Å². The summed E-state index contributed by atoms with van der Waals surface area (Å²) in [6, 6.07) is 2.61. The van der Waals surface area contributed by atoms with E-state index in [1.165, 1.54) is 6.26 Å². The minimum Gasteiger partial charge on any atom is -0.459 e. The fourth-order valence-electron chi connectivity index (χ4n) is 2.28. The molecular weight excluding hydrogens is 272 g/mol. The highest BCUT2D eigenvalue weighted by molar-refractivity contribution is 5.95. The summed E-state index contributed by atoms with van der Waals surface area (Å²) in [5.74, 6) is -0.396. The van der Waals surface area contributed by atoms with Crippen LogP contribution in [0.15, 0.2) is 22.8 Å². The molecule has 0 spiro atoms. The maximum absolute atomic E-state index is 12.2. The zero-order valence-electron chi connectivity index (χ0n) is 12.4. The van der Waals surface area contributed by atoms with Gasteiger partial charge in [0.2, 0.25) is 5.91 Å². The van der Waals surface area contributed by atoms with Crippen molar-refractivity contribution in [3.63, 3.8) is 0 Å². The first kappa shape index (κ1) is 15.6. The Kier molecular flexibility index (Phi) is 5.38. The average Bonchev–Trinajstić information content (AvgIpc) is 3.13. The van der Waals surface area contributed by atoms with E-state index in [4.69, 9.17) is 9.15 Å². The Hall–Kier alpha value is -1.82. The van der Waals surface area contributed by atoms with Gasteiger partial charge in [-0.2, -0.15) is 0 Å². The third kappa shape index (κ3) is 4.32. The van der Waals surface area contributed by atoms with Crippen molar-refractivity contribution in [3.8, 4) is 0 Å². The van der Waals surface area contributed by atoms with Gasteiger partial charge in [0.25, 0.3) is 5.91 Å². The van der Waals surface area contributed by atoms with Crippen molar-refractivity contribution in [1.82, 2.24) is 10.6 Å². The molecule has 2 amide bonds. The first-order chi connectivity index (χ1) is 10.1. The Morgan fingerprint density at radius 3 is 2.81 bits per heavy atom. The van der Waals surface area contributed by atoms with E-state index in [0.29, 0.717) is 6.54 Å². The van der Waals surface area contributed by atoms with Gasteiger partial charge < -0.3 is 19.8 Å². The van der Waals surface area contributed by atoms with Crippen LogP contribution < -0.4 is 10.6 Å². The highest BCUT2D eigenvalue weighted by Gasteiger charge is 2.26. The van der Waals surface area contributed by atoms with Crippen LogP contribution in [0.3, 0.4) is 0 Å². The van der Waals surface area contributed by atoms with Gasteiger partial charge in [0.15, 0.2) is 5.76 Å². The van der Waals surface area contributed by atoms with E-state index >= 15 is 0 Å². The maximum atomic E-state index is 12.2. The van der Waals surface area contributed by atoms with Gasteiger partial charge in [0, 0.05) is 13.2 Å². The summed E-state index contributed by atoms with van der Waals surface area (Å²) < 4.78 is 10.5. The second kappa shape index (κ2) is 7.26. The van der Waals surface area contributed by atoms with Gasteiger partial charge in [-0.15, -0.1) is 0 Å². The Morgan fingerprint density at radius 1 is 1.43 bits per heavy atom. The second-order valence-corrected chi connectivity index (χ2v) is 5.55. The van der Waals surface area contributed by atoms with Crippen LogP contribution >= 0.6 is 0 Å². The summed E-state index contributed by atoms with van der Waals surface area (Å²) in [5, 5.41) is 5.56. The van der Waals surface area contributed by atoms with Crippen LogP contribution in [-0.2, 0) is 9.53 Å². The van der Waals surface area contributed by atoms with E-state index in [9.17, 15) is 9.59 Å². The summed E-state index contributed by atoms with van der Waals surface area (Å²) in [6.07, 6.45) is 3.51. The third-order valence-electron chi connectivity index (χ3n) is 3.51. The lowest BCUT2D eigenvalue weighted by atomic mass is 10.0. The quantitative estimate of drug-likeness (QED) is 0.829. The molecule has 1 aromatic heterocycles. The Morgan fingerprint density at radius 2 is 2.24 bits per heavy atom. The number of ether oxygens (including phenoxy) is 1. The normalized spacial score (nSPS) is 19.5. The van der Waals surface area contributed by atoms with Crippen LogP contribution in [0.4, 0.5) is 0 Å². The maximum Gasteiger partial charge on any atom is 0.287 e. The highest BCUT2D eigenvalue weighted by Crippen LogP contribution is 2.11. The van der Waals surface area contributed by atoms with Crippen molar-refractivity contribution < 1.29 is 18.7 Å². The van der Waals surface area contributed by atoms with Gasteiger partial charge in [0.1, 0.15) is 6.04 Å². The molecule has 1 saturated heterocycles. The lowest BCUT2D eigenvalue weighted by molar-refractivity contribution is -0.124. The fraction of sp³-hybridized carbons (Fsp3) is 0.600. The highest BCUT2D eigenvalue weighted by atomic mass is 16.5. The van der Waals surface area contributed by atoms with Crippen molar-refractivity contribution >= 4 is 11.8 Å². The molecule has 6 nitrogen and oxygen atoms in total. The van der Waals surface area contributed by atoms with Gasteiger partial charge in [-0.25, -0.2) is 0 Å². The minimum atomic E-state index is -0.594. The first-order valence-corrected chi connectivity index (χ1v) is 7.31. The third-order valence-corrected chi connectivity index (χ3v) is 3.51. The van der Waals surface area contributed by atoms with Gasteiger partial charge in [0.05, 0.1) is 12.4 Å². The molecule has 116 valence electrons. The van der Waals surface area contributed by atoms with Crippen molar-refractivity contribution in [2.45, 2.75) is 38.8 Å². The zero-order chi connectivity index (χ0) is 15.2. The number of carbonyl (C=O) groups is 2. The van der Waals surface area contributed by atoms with Gasteiger partial charge in [-0.05, 0) is 30.9 Å². The second-order valence-electron chi connectivity index (χ2n) is 5.55. The number of nitrogens with one attached hydrogen (secondary N) is 2. The molecule has 1 fully saturated rings. The van der Waals surface area contributed by atoms with Gasteiger partial charge in [-0.3, -0.25) is 9.59 Å². The molecular formula is C15H22N2O4. The summed E-state index contributed by atoms with van der Waals surface area (Å²) in [6.45, 7) is 5.01. The predicted octanol–water partition coefficient (Wildman–Crippen LogP) is 1.33. The van der Waals surface area contributed by atoms with E-state index < -0.39 is 6.04 Å². The summed E-state index contributed by atoms with van der Waals surface area (Å²) in [4.78, 5) is 24.2. The van der Waals surface area contributed by atoms with Crippen molar-refractivity contribution in [1.29, 1.82) is 0 Å². The Balaban J connectivity index is 1.88. The number of hydrogen-bond acceptors (Lipinski definition) is 4. The number of furan rings is 1. The molecule has 2 unspecified atom stereocenters. The van der Waals surface area contributed by atoms with Crippen LogP contribution in [0.5, 0.6) is 0 Å². The summed E-state index contributed by atoms with van der Waals surface area (Å²) in [7, 11) is 0. The van der Waals surface area contributed by atoms with Crippen LogP contribution in [0, 0.1) is 5.92 Å². The van der Waals surface area contributed by atoms with Crippen LogP contribution in [0.1, 0.15) is 37.2 Å². The molecule has 2 atom stereocenters. The van der Waals surface area contributed by atoms with Crippen molar-refractivity contribution in [3.05, 3.63) is 24.2 Å². The SMILES string of the molecule is CC(C)C(NC(=O)c1ccco1)C(=O)NCC1CCCO1. The minimum absolute atomic E-state index is 0.0200. The number of hydrogen-bond donors (Lipinski definition) is 2. The van der Waals surface area contributed by atoms with Crippen LogP contribution in [0.2, 0.25) is 0 Å². The number of rotatable bonds is 6. The predicted molar refractivity (Wildman–Crippen MR) is 76.8 cm³/mol. The van der Waals surface area contributed by atoms with Crippen LogP contribution in [-0.4, -0.2) is 37.1 Å². The molecule has 1 aliphatic heterocycles. The molecule has 2 heterocycles. The van der Waals surface area contributed by atoms with E-state index in [1.807, 2.05) is 13.8 Å². The molecule has 2 rings (SSSR count). The first-order valence-electron chi connectivity index (χ1n) is 7.31. The lowest BCUT2D eigenvalue weighted by Gasteiger charge is -2.22. The molecule has 2 N–H and O–H groups in total. The van der Waals surface area contributed by atoms with Crippen molar-refractivity contribution in [2.75, 3.05) is 13.2 Å². The molecule has 1 aromatic rings. The molecule has 0 aromatic carbocycles. The molecule has 0 saturated carbocycles. The molecule has 0 radical (unpaired) electrons. The standard InChI is InChI=1S/C15H22N2O4/c1-10(2)13(17-14(18)12-6-4-8-21-12)15(19)16-9-11-5-3-7-20-11/h4,6,8,10-11,13H,3,5,7,9H2,1-2H3,(H,16,19)(H,17,18). The molecule has 6 heteroatoms. The van der Waals surface area contributed by atoms with E-state index in [2.05, 4.69) is 10.6 Å². The zero-order valence-corrected chi connectivity index (χ0v) is 12.4. The average molecular weight is 294 g/mol. The van der Waals surface area contributed by atoms with Crippen molar-refractivity contribution in [2.24, 2.45) is 5.92 Å². The topological polar surface area (TPSA) is 80.6 Å². The molecule has 0 bridgehead atoms. The number of amides is 2. The van der Waals surface area contributed by atoms with Gasteiger partial charge >= 0.3 is 0 Å². The van der Waals surface area contributed by atoms with E-state index in [0.717, 1.165) is 19.4 Å². The lowest BCUT2D eigenvalue weighted by Crippen LogP contribution is -2.50. The fourth-order valence-corrected chi connectivity index (χ4v) is 2.28. The van der Waals surface area contributed by atoms with Crippen LogP contribution in [0.25, 0.3) is 0 Å². The monoisotopic (exact) mass is 294 g/mol. The van der Waals surface area contributed by atoms with E-state index in [-0.39, 0.29) is 29.6 Å². The Labute approximate surface area is 124 Å². The van der Waals surface area contributed by atoms with Gasteiger partial charge in [-0.1, -0.05) is 13.8 Å². The largest absolute Gasteiger partial charge is 0.459 e. The Bertz CT molecular complexity index is 464. The summed E-state index contributed by atoms with van der Waals surface area (Å²) in [5.41, 5.74) is 0. The molecule has 1 aliphatic rings. The summed E-state index contributed by atoms with van der Waals surface area (Å²) >= 11 is 0. The molecule has 21 heavy (non-hydrogen) atoms. The molecule has 0 aliphatic carbocycles. The number of carbonyl (C=O) groups excluding carboxylic acids is 2.